The molecule has 5 rings (SSSR count). The number of fused-ring (bicyclic) bond motifs is 4. The van der Waals surface area contributed by atoms with E-state index in [1.54, 1.807) is 18.2 Å². The van der Waals surface area contributed by atoms with Crippen LogP contribution >= 0.6 is 11.3 Å². The number of benzene rings is 3. The highest BCUT2D eigenvalue weighted by Gasteiger charge is 2.28. The smallest absolute Gasteiger partial charge is 0.411 e. The average Bonchev–Trinajstić information content (AvgIpc) is 3.23. The molecule has 1 aliphatic rings. The van der Waals surface area contributed by atoms with Gasteiger partial charge in [0, 0.05) is 11.6 Å². The molecule has 138 valence electrons. The summed E-state index contributed by atoms with van der Waals surface area (Å²) in [6.07, 6.45) is -0.515. The van der Waals surface area contributed by atoms with Crippen LogP contribution < -0.4 is 10.2 Å². The zero-order valence-corrected chi connectivity index (χ0v) is 15.6. The Bertz CT molecular complexity index is 1210. The van der Waals surface area contributed by atoms with Gasteiger partial charge < -0.3 is 9.72 Å². The minimum Gasteiger partial charge on any atom is -0.448 e. The summed E-state index contributed by atoms with van der Waals surface area (Å²) >= 11 is 1.14. The van der Waals surface area contributed by atoms with Gasteiger partial charge >= 0.3 is 11.0 Å². The Labute approximate surface area is 164 Å². The minimum absolute atomic E-state index is 0.0221. The number of aromatic nitrogens is 1. The third-order valence-electron chi connectivity index (χ3n) is 5.01. The Hall–Kier alpha value is -3.38. The van der Waals surface area contributed by atoms with E-state index in [1.165, 1.54) is 22.3 Å². The Morgan fingerprint density at radius 1 is 1.00 bits per heavy atom. The first kappa shape index (κ1) is 16.8. The summed E-state index contributed by atoms with van der Waals surface area (Å²) in [5.41, 5.74) is 6.02. The third-order valence-corrected chi connectivity index (χ3v) is 5.87. The fraction of sp³-hybridized carbons (Fsp3) is 0.0909. The summed E-state index contributed by atoms with van der Waals surface area (Å²) < 4.78 is 6.39. The fourth-order valence-electron chi connectivity index (χ4n) is 3.78. The van der Waals surface area contributed by atoms with Crippen molar-refractivity contribution in [1.29, 1.82) is 0 Å². The van der Waals surface area contributed by atoms with Crippen molar-refractivity contribution in [3.8, 4) is 11.1 Å². The van der Waals surface area contributed by atoms with Gasteiger partial charge in [-0.25, -0.2) is 4.79 Å². The van der Waals surface area contributed by atoms with Crippen molar-refractivity contribution in [2.45, 2.75) is 5.92 Å². The van der Waals surface area contributed by atoms with Crippen LogP contribution in [0.1, 0.15) is 17.0 Å². The van der Waals surface area contributed by atoms with Crippen LogP contribution in [0.3, 0.4) is 0 Å². The van der Waals surface area contributed by atoms with E-state index in [-0.39, 0.29) is 17.4 Å². The van der Waals surface area contributed by atoms with Crippen LogP contribution in [0, 0.1) is 0 Å². The number of carbonyl (C=O) groups excluding carboxylic acids is 1. The van der Waals surface area contributed by atoms with E-state index < -0.39 is 6.09 Å². The van der Waals surface area contributed by atoms with Crippen molar-refractivity contribution in [1.82, 2.24) is 4.98 Å². The first-order chi connectivity index (χ1) is 13.7. The maximum Gasteiger partial charge on any atom is 0.411 e. The van der Waals surface area contributed by atoms with Gasteiger partial charge in [0.1, 0.15) is 6.61 Å². The third kappa shape index (κ3) is 2.88. The molecular formula is C22H16N2O3S. The predicted octanol–water partition coefficient (Wildman–Crippen LogP) is 4.95. The Kier molecular flexibility index (Phi) is 3.98. The SMILES string of the molecule is O=C(Nc1ccc2sc(=O)[nH]c2c1)OCC1c2ccccc2-c2ccccc21. The molecule has 0 bridgehead atoms. The molecule has 0 radical (unpaired) electrons. The van der Waals surface area contributed by atoms with E-state index in [0.29, 0.717) is 11.2 Å². The summed E-state index contributed by atoms with van der Waals surface area (Å²) in [6.45, 7) is 0.261. The second-order valence-electron chi connectivity index (χ2n) is 6.68. The lowest BCUT2D eigenvalue weighted by Crippen LogP contribution is -2.17. The molecule has 2 N–H and O–H groups in total. The van der Waals surface area contributed by atoms with Crippen LogP contribution in [-0.4, -0.2) is 17.7 Å². The number of nitrogens with one attached hydrogen (secondary N) is 2. The van der Waals surface area contributed by atoms with Gasteiger partial charge in [-0.2, -0.15) is 0 Å². The number of hydrogen-bond donors (Lipinski definition) is 2. The van der Waals surface area contributed by atoms with Gasteiger partial charge in [-0.05, 0) is 40.5 Å². The largest absolute Gasteiger partial charge is 0.448 e. The van der Waals surface area contributed by atoms with Crippen molar-refractivity contribution in [3.05, 3.63) is 87.5 Å². The topological polar surface area (TPSA) is 71.2 Å². The Balaban J connectivity index is 1.33. The number of aromatic amines is 1. The van der Waals surface area contributed by atoms with Gasteiger partial charge in [-0.1, -0.05) is 59.9 Å². The standard InChI is InChI=1S/C22H16N2O3S/c25-21(23-13-9-10-20-19(11-13)24-22(26)28-20)27-12-18-16-7-3-1-5-14(16)15-6-2-4-8-17(15)18/h1-11,18H,12H2,(H,23,25)(H,24,26). The van der Waals surface area contributed by atoms with E-state index in [4.69, 9.17) is 4.74 Å². The number of anilines is 1. The number of ether oxygens (including phenoxy) is 1. The number of rotatable bonds is 3. The van der Waals surface area contributed by atoms with Crippen molar-refractivity contribution in [2.75, 3.05) is 11.9 Å². The van der Waals surface area contributed by atoms with Crippen molar-refractivity contribution in [2.24, 2.45) is 0 Å². The minimum atomic E-state index is -0.515. The summed E-state index contributed by atoms with van der Waals surface area (Å²) in [4.78, 5) is 26.4. The van der Waals surface area contributed by atoms with Gasteiger partial charge in [0.15, 0.2) is 0 Å². The highest BCUT2D eigenvalue weighted by Crippen LogP contribution is 2.44. The summed E-state index contributed by atoms with van der Waals surface area (Å²) in [6, 6.07) is 21.7. The summed E-state index contributed by atoms with van der Waals surface area (Å²) in [5.74, 6) is 0.0221. The van der Waals surface area contributed by atoms with Gasteiger partial charge in [-0.3, -0.25) is 10.1 Å². The molecular weight excluding hydrogens is 372 g/mol. The van der Waals surface area contributed by atoms with Crippen LogP contribution in [0.2, 0.25) is 0 Å². The molecule has 28 heavy (non-hydrogen) atoms. The van der Waals surface area contributed by atoms with Gasteiger partial charge in [-0.15, -0.1) is 0 Å². The monoisotopic (exact) mass is 388 g/mol. The Morgan fingerprint density at radius 3 is 2.39 bits per heavy atom. The predicted molar refractivity (Wildman–Crippen MR) is 111 cm³/mol. The number of H-pyrrole nitrogens is 1. The van der Waals surface area contributed by atoms with Crippen molar-refractivity contribution >= 4 is 33.3 Å². The molecule has 0 unspecified atom stereocenters. The van der Waals surface area contributed by atoms with Crippen LogP contribution in [0.5, 0.6) is 0 Å². The maximum absolute atomic E-state index is 12.3. The molecule has 0 saturated heterocycles. The van der Waals surface area contributed by atoms with E-state index in [2.05, 4.69) is 34.6 Å². The van der Waals surface area contributed by atoms with E-state index >= 15 is 0 Å². The van der Waals surface area contributed by atoms with Crippen LogP contribution in [0.4, 0.5) is 10.5 Å². The maximum atomic E-state index is 12.3. The molecule has 5 nitrogen and oxygen atoms in total. The normalized spacial score (nSPS) is 12.6. The molecule has 3 aromatic carbocycles. The molecule has 6 heteroatoms. The first-order valence-electron chi connectivity index (χ1n) is 8.94. The van der Waals surface area contributed by atoms with E-state index in [9.17, 15) is 9.59 Å². The number of thiazole rings is 1. The molecule has 1 aliphatic carbocycles. The molecule has 4 aromatic rings. The van der Waals surface area contributed by atoms with Crippen LogP contribution in [0.15, 0.2) is 71.5 Å². The quantitative estimate of drug-likeness (QED) is 0.522. The van der Waals surface area contributed by atoms with Crippen molar-refractivity contribution < 1.29 is 9.53 Å². The van der Waals surface area contributed by atoms with Gasteiger partial charge in [0.05, 0.1) is 10.2 Å². The van der Waals surface area contributed by atoms with Crippen LogP contribution in [-0.2, 0) is 4.74 Å². The van der Waals surface area contributed by atoms with Gasteiger partial charge in [0.2, 0.25) is 0 Å². The highest BCUT2D eigenvalue weighted by molar-refractivity contribution is 7.16. The summed E-state index contributed by atoms with van der Waals surface area (Å²) in [5, 5.41) is 2.74. The Morgan fingerprint density at radius 2 is 1.68 bits per heavy atom. The molecule has 0 fully saturated rings. The van der Waals surface area contributed by atoms with E-state index in [0.717, 1.165) is 16.0 Å². The molecule has 1 heterocycles. The molecule has 0 aliphatic heterocycles. The van der Waals surface area contributed by atoms with E-state index in [1.807, 2.05) is 24.3 Å². The zero-order valence-electron chi connectivity index (χ0n) is 14.8. The van der Waals surface area contributed by atoms with Crippen molar-refractivity contribution in [3.63, 3.8) is 0 Å². The molecule has 1 aromatic heterocycles. The van der Waals surface area contributed by atoms with Crippen LogP contribution in [0.25, 0.3) is 21.3 Å². The number of amides is 1. The lowest BCUT2D eigenvalue weighted by Gasteiger charge is -2.14. The number of carbonyl (C=O) groups is 1. The second kappa shape index (κ2) is 6.65. The second-order valence-corrected chi connectivity index (χ2v) is 7.69. The first-order valence-corrected chi connectivity index (χ1v) is 9.75. The zero-order chi connectivity index (χ0) is 19.1. The molecule has 0 spiro atoms. The molecule has 0 atom stereocenters. The summed E-state index contributed by atoms with van der Waals surface area (Å²) in [7, 11) is 0. The molecule has 1 amide bonds. The lowest BCUT2D eigenvalue weighted by atomic mass is 9.98. The average molecular weight is 388 g/mol. The number of hydrogen-bond acceptors (Lipinski definition) is 4. The molecule has 0 saturated carbocycles. The van der Waals surface area contributed by atoms with Gasteiger partial charge in [0.25, 0.3) is 0 Å². The highest BCUT2D eigenvalue weighted by atomic mass is 32.1. The fourth-order valence-corrected chi connectivity index (χ4v) is 4.50. The lowest BCUT2D eigenvalue weighted by molar-refractivity contribution is 0.158.